The van der Waals surface area contributed by atoms with Gasteiger partial charge in [-0.25, -0.2) is 4.98 Å². The number of hydrogen-bond donors (Lipinski definition) is 0. The van der Waals surface area contributed by atoms with E-state index in [0.717, 1.165) is 29.0 Å². The van der Waals surface area contributed by atoms with E-state index in [-0.39, 0.29) is 5.25 Å². The summed E-state index contributed by atoms with van der Waals surface area (Å²) in [6, 6.07) is 29.5. The van der Waals surface area contributed by atoms with Gasteiger partial charge in [-0.05, 0) is 36.8 Å². The lowest BCUT2D eigenvalue weighted by Gasteiger charge is -2.19. The van der Waals surface area contributed by atoms with Crippen LogP contribution < -0.4 is 0 Å². The van der Waals surface area contributed by atoms with Crippen molar-refractivity contribution in [3.63, 3.8) is 0 Å². The van der Waals surface area contributed by atoms with Crippen LogP contribution in [0.3, 0.4) is 0 Å². The maximum absolute atomic E-state index is 5.04. The van der Waals surface area contributed by atoms with Crippen LogP contribution in [0.15, 0.2) is 102 Å². The molecule has 0 saturated heterocycles. The van der Waals surface area contributed by atoms with Crippen molar-refractivity contribution < 1.29 is 0 Å². The van der Waals surface area contributed by atoms with Crippen molar-refractivity contribution in [2.24, 2.45) is 0 Å². The van der Waals surface area contributed by atoms with Crippen molar-refractivity contribution in [3.8, 4) is 0 Å². The molecule has 0 bridgehead atoms. The fourth-order valence-corrected chi connectivity index (χ4v) is 4.43. The monoisotopic (exact) mass is 370 g/mol. The number of hydrogen-bond acceptors (Lipinski definition) is 2. The molecule has 0 radical (unpaired) electrons. The van der Waals surface area contributed by atoms with Crippen LogP contribution in [0.1, 0.15) is 23.6 Å². The molecule has 0 aliphatic carbocycles. The summed E-state index contributed by atoms with van der Waals surface area (Å²) in [5.41, 5.74) is 4.56. The van der Waals surface area contributed by atoms with E-state index in [1.165, 1.54) is 10.5 Å². The van der Waals surface area contributed by atoms with E-state index < -0.39 is 0 Å². The largest absolute Gasteiger partial charge is 0.323 e. The maximum Gasteiger partial charge on any atom is 0.128 e. The summed E-state index contributed by atoms with van der Waals surface area (Å²) in [6.07, 6.45) is 0. The van der Waals surface area contributed by atoms with Crippen LogP contribution in [-0.4, -0.2) is 9.55 Å². The van der Waals surface area contributed by atoms with E-state index >= 15 is 0 Å². The van der Waals surface area contributed by atoms with E-state index in [4.69, 9.17) is 4.98 Å². The fourth-order valence-electron chi connectivity index (χ4n) is 3.26. The molecule has 0 fully saturated rings. The first-order valence-corrected chi connectivity index (χ1v) is 9.96. The predicted molar refractivity (Wildman–Crippen MR) is 115 cm³/mol. The van der Waals surface area contributed by atoms with Crippen LogP contribution in [0.25, 0.3) is 11.0 Å². The molecule has 0 saturated carbocycles. The van der Waals surface area contributed by atoms with Gasteiger partial charge in [-0.1, -0.05) is 72.8 Å². The fraction of sp³-hybridized carbons (Fsp3) is 0.125. The molecule has 3 heteroatoms. The second-order valence-corrected chi connectivity index (χ2v) is 7.90. The van der Waals surface area contributed by atoms with Crippen molar-refractivity contribution in [2.75, 3.05) is 0 Å². The van der Waals surface area contributed by atoms with Gasteiger partial charge in [0, 0.05) is 11.4 Å². The average Bonchev–Trinajstić information content (AvgIpc) is 3.05. The molecule has 4 rings (SSSR count). The van der Waals surface area contributed by atoms with Crippen LogP contribution in [0.5, 0.6) is 0 Å². The molecule has 0 aliphatic heterocycles. The molecular weight excluding hydrogens is 348 g/mol. The molecule has 0 amide bonds. The van der Waals surface area contributed by atoms with Gasteiger partial charge in [0.2, 0.25) is 0 Å². The van der Waals surface area contributed by atoms with Gasteiger partial charge in [-0.15, -0.1) is 11.8 Å². The highest BCUT2D eigenvalue weighted by molar-refractivity contribution is 7.99. The molecular formula is C24H22N2S. The van der Waals surface area contributed by atoms with E-state index in [1.54, 1.807) is 0 Å². The summed E-state index contributed by atoms with van der Waals surface area (Å²) in [4.78, 5) is 6.28. The number of thioether (sulfide) groups is 1. The minimum atomic E-state index is 0.111. The second kappa shape index (κ2) is 7.85. The average molecular weight is 371 g/mol. The van der Waals surface area contributed by atoms with Crippen LogP contribution in [-0.2, 0) is 6.54 Å². The molecule has 3 aromatic carbocycles. The van der Waals surface area contributed by atoms with Crippen molar-refractivity contribution in [3.05, 3.63) is 108 Å². The predicted octanol–water partition coefficient (Wildman–Crippen LogP) is 6.49. The number of benzene rings is 3. The van der Waals surface area contributed by atoms with Crippen molar-refractivity contribution in [2.45, 2.75) is 23.6 Å². The first kappa shape index (κ1) is 17.6. The summed E-state index contributed by atoms with van der Waals surface area (Å²) in [6.45, 7) is 6.98. The number of aromatic nitrogens is 2. The zero-order chi connectivity index (χ0) is 18.6. The maximum atomic E-state index is 5.04. The zero-order valence-electron chi connectivity index (χ0n) is 15.4. The van der Waals surface area contributed by atoms with Gasteiger partial charge in [0.15, 0.2) is 0 Å². The zero-order valence-corrected chi connectivity index (χ0v) is 16.2. The van der Waals surface area contributed by atoms with E-state index in [1.807, 2.05) is 17.8 Å². The van der Waals surface area contributed by atoms with E-state index in [2.05, 4.69) is 96.9 Å². The highest BCUT2D eigenvalue weighted by atomic mass is 32.2. The Kier molecular flexibility index (Phi) is 5.12. The highest BCUT2D eigenvalue weighted by Crippen LogP contribution is 2.41. The summed E-state index contributed by atoms with van der Waals surface area (Å²) in [5, 5.41) is 0.111. The normalized spacial score (nSPS) is 12.2. The molecule has 4 aromatic rings. The Morgan fingerprint density at radius 1 is 0.926 bits per heavy atom. The Labute approximate surface area is 164 Å². The van der Waals surface area contributed by atoms with Crippen LogP contribution >= 0.6 is 11.8 Å². The van der Waals surface area contributed by atoms with Crippen molar-refractivity contribution >= 4 is 22.8 Å². The standard InChI is InChI=1S/C24H22N2S/c1-18(2)17-26-22-16-10-9-15-21(22)25-24(26)23(19-11-5-3-6-12-19)27-20-13-7-4-8-14-20/h3-16,23H,1,17H2,2H3. The quantitative estimate of drug-likeness (QED) is 0.285. The minimum absolute atomic E-state index is 0.111. The lowest BCUT2D eigenvalue weighted by molar-refractivity contribution is 0.748. The number of para-hydroxylation sites is 2. The molecule has 2 nitrogen and oxygen atoms in total. The number of fused-ring (bicyclic) bond motifs is 1. The number of rotatable bonds is 6. The lowest BCUT2D eigenvalue weighted by atomic mass is 10.1. The highest BCUT2D eigenvalue weighted by Gasteiger charge is 2.23. The second-order valence-electron chi connectivity index (χ2n) is 6.72. The topological polar surface area (TPSA) is 17.8 Å². The van der Waals surface area contributed by atoms with Gasteiger partial charge in [0.05, 0.1) is 16.3 Å². The van der Waals surface area contributed by atoms with Crippen molar-refractivity contribution in [1.82, 2.24) is 9.55 Å². The third-order valence-corrected chi connectivity index (χ3v) is 5.71. The van der Waals surface area contributed by atoms with Gasteiger partial charge in [-0.3, -0.25) is 0 Å². The summed E-state index contributed by atoms with van der Waals surface area (Å²) < 4.78 is 2.31. The van der Waals surface area contributed by atoms with Crippen LogP contribution in [0.2, 0.25) is 0 Å². The lowest BCUT2D eigenvalue weighted by Crippen LogP contribution is -2.09. The Hall–Kier alpha value is -2.78. The van der Waals surface area contributed by atoms with Gasteiger partial charge >= 0.3 is 0 Å². The van der Waals surface area contributed by atoms with Crippen LogP contribution in [0, 0.1) is 0 Å². The molecule has 1 atom stereocenters. The first-order valence-electron chi connectivity index (χ1n) is 9.08. The SMILES string of the molecule is C=C(C)Cn1c(C(Sc2ccccc2)c2ccccc2)nc2ccccc21. The third kappa shape index (κ3) is 3.83. The Balaban J connectivity index is 1.88. The molecule has 0 aliphatic rings. The Bertz CT molecular complexity index is 1050. The van der Waals surface area contributed by atoms with Crippen LogP contribution in [0.4, 0.5) is 0 Å². The number of imidazole rings is 1. The van der Waals surface area contributed by atoms with Gasteiger partial charge in [-0.2, -0.15) is 0 Å². The third-order valence-electron chi connectivity index (χ3n) is 4.45. The van der Waals surface area contributed by atoms with E-state index in [0.29, 0.717) is 0 Å². The molecule has 0 N–H and O–H groups in total. The van der Waals surface area contributed by atoms with Crippen molar-refractivity contribution in [1.29, 1.82) is 0 Å². The molecule has 1 aromatic heterocycles. The molecule has 1 heterocycles. The summed E-state index contributed by atoms with van der Waals surface area (Å²) in [7, 11) is 0. The summed E-state index contributed by atoms with van der Waals surface area (Å²) in [5.74, 6) is 1.07. The minimum Gasteiger partial charge on any atom is -0.323 e. The van der Waals surface area contributed by atoms with Gasteiger partial charge < -0.3 is 4.57 Å². The number of allylic oxidation sites excluding steroid dienone is 1. The Morgan fingerprint density at radius 3 is 2.26 bits per heavy atom. The smallest absolute Gasteiger partial charge is 0.128 e. The molecule has 134 valence electrons. The van der Waals surface area contributed by atoms with Gasteiger partial charge in [0.1, 0.15) is 5.82 Å². The number of nitrogens with zero attached hydrogens (tertiary/aromatic N) is 2. The Morgan fingerprint density at radius 2 is 1.56 bits per heavy atom. The van der Waals surface area contributed by atoms with Gasteiger partial charge in [0.25, 0.3) is 0 Å². The first-order chi connectivity index (χ1) is 13.2. The van der Waals surface area contributed by atoms with E-state index in [9.17, 15) is 0 Å². The summed E-state index contributed by atoms with van der Waals surface area (Å²) >= 11 is 1.84. The molecule has 1 unspecified atom stereocenters. The molecule has 0 spiro atoms. The molecule has 27 heavy (non-hydrogen) atoms.